The fourth-order valence-corrected chi connectivity index (χ4v) is 9.70. The number of nitrogens with zero attached hydrogens (tertiary/aromatic N) is 2. The fourth-order valence-electron chi connectivity index (χ4n) is 9.70. The van der Waals surface area contributed by atoms with Gasteiger partial charge in [-0.05, 0) is 176 Å². The van der Waals surface area contributed by atoms with Crippen LogP contribution < -0.4 is 25.6 Å². The number of benzene rings is 6. The number of hydrogen-bond acceptors (Lipinski definition) is 10. The van der Waals surface area contributed by atoms with Gasteiger partial charge in [0, 0.05) is 115 Å². The molecule has 11 nitrogen and oxygen atoms in total. The number of ketones is 4. The lowest BCUT2D eigenvalue weighted by Crippen LogP contribution is -2.33. The van der Waals surface area contributed by atoms with E-state index in [1.54, 1.807) is 12.0 Å². The maximum Gasteiger partial charge on any atom is 0.379 e. The van der Waals surface area contributed by atoms with Gasteiger partial charge in [0.05, 0.1) is 12.7 Å². The number of nitrogens with one attached hydrogen (secondary N) is 3. The van der Waals surface area contributed by atoms with Gasteiger partial charge in [-0.25, -0.2) is 0 Å². The number of Topliss-reactive ketones (excluding diaryl/α,β-unsaturated/α-hetero) is 4. The van der Waals surface area contributed by atoms with Crippen LogP contribution in [0, 0.1) is 28.6 Å². The Morgan fingerprint density at radius 3 is 1.11 bits per heavy atom. The van der Waals surface area contributed by atoms with Crippen molar-refractivity contribution in [1.82, 2.24) is 4.90 Å². The Bertz CT molecular complexity index is 3500. The van der Waals surface area contributed by atoms with Crippen molar-refractivity contribution in [3.8, 4) is 5.75 Å². The van der Waals surface area contributed by atoms with Crippen molar-refractivity contribution in [2.75, 3.05) is 42.1 Å². The quantitative estimate of drug-likeness (QED) is 0.0397. The topological polar surface area (TPSA) is 137 Å². The van der Waals surface area contributed by atoms with Gasteiger partial charge in [0.2, 0.25) is 0 Å². The summed E-state index contributed by atoms with van der Waals surface area (Å²) in [4.78, 5) is 64.3. The number of rotatable bonds is 24. The Morgan fingerprint density at radius 1 is 0.383 bits per heavy atom. The smallest absolute Gasteiger partial charge is 0.379 e. The van der Waals surface area contributed by atoms with Crippen molar-refractivity contribution in [1.29, 1.82) is 0 Å². The highest BCUT2D eigenvalue weighted by atomic mass is 19.4. The molecular weight excluding hydrogens is 1520 g/mol. The molecule has 0 heterocycles. The number of carbonyl (C=O) groups is 5. The lowest BCUT2D eigenvalue weighted by molar-refractivity contribution is 0.00734. The lowest BCUT2D eigenvalue weighted by Gasteiger charge is -2.26. The van der Waals surface area contributed by atoms with Crippen molar-refractivity contribution < 1.29 is 94.6 Å². The van der Waals surface area contributed by atoms with Crippen LogP contribution in [-0.4, -0.2) is 119 Å². The van der Waals surface area contributed by atoms with E-state index in [1.165, 1.54) is 11.1 Å². The second-order valence-corrected chi connectivity index (χ2v) is 31.6. The highest BCUT2D eigenvalue weighted by Gasteiger charge is 2.21. The van der Waals surface area contributed by atoms with Crippen LogP contribution in [0.1, 0.15) is 261 Å². The number of ether oxygens (including phenoxy) is 1. The molecule has 654 valence electrons. The summed E-state index contributed by atoms with van der Waals surface area (Å²) in [7, 11) is 5.58. The molecule has 0 bridgehead atoms. The molecule has 6 rings (SSSR count). The maximum atomic E-state index is 12.3. The van der Waals surface area contributed by atoms with E-state index in [1.807, 2.05) is 155 Å². The van der Waals surface area contributed by atoms with E-state index in [2.05, 4.69) is 191 Å². The Hall–Kier alpha value is -8.58. The average molecular weight is 1650 g/mol. The van der Waals surface area contributed by atoms with Gasteiger partial charge in [-0.15, -0.1) is 0 Å². The number of methoxy groups -OCH3 is 1. The Morgan fingerprint density at radius 2 is 0.748 bits per heavy atom. The molecule has 0 unspecified atom stereocenters. The molecule has 26 heteroatoms. The third-order valence-corrected chi connectivity index (χ3v) is 14.6. The summed E-state index contributed by atoms with van der Waals surface area (Å²) in [6.07, 6.45) is 3.48. The van der Waals surface area contributed by atoms with Gasteiger partial charge in [0.25, 0.3) is 5.91 Å². The molecule has 0 saturated heterocycles. The van der Waals surface area contributed by atoms with Crippen LogP contribution in [-0.2, 0) is 6.42 Å². The van der Waals surface area contributed by atoms with E-state index >= 15 is 0 Å². The molecule has 0 aromatic heterocycles. The number of alkyl halides is 15. The molecule has 6 aromatic carbocycles. The summed E-state index contributed by atoms with van der Waals surface area (Å²) in [6.45, 7) is 32.1. The van der Waals surface area contributed by atoms with Crippen molar-refractivity contribution in [3.05, 3.63) is 185 Å². The summed E-state index contributed by atoms with van der Waals surface area (Å²) in [5.41, 5.74) is 10.9. The Labute approximate surface area is 677 Å². The molecule has 1 amide bonds. The van der Waals surface area contributed by atoms with Crippen LogP contribution >= 0.6 is 0 Å². The third-order valence-electron chi connectivity index (χ3n) is 14.6. The van der Waals surface area contributed by atoms with E-state index in [0.717, 1.165) is 62.7 Å². The first-order valence-corrected chi connectivity index (χ1v) is 38.0. The molecule has 3 N–H and O–H groups in total. The lowest BCUT2D eigenvalue weighted by atomic mass is 9.86. The highest BCUT2D eigenvalue weighted by molar-refractivity contribution is 6.02. The second kappa shape index (κ2) is 62.7. The predicted molar refractivity (Wildman–Crippen MR) is 445 cm³/mol. The number of para-hydroxylation sites is 4. The van der Waals surface area contributed by atoms with Gasteiger partial charge >= 0.3 is 33.4 Å². The molecule has 0 aliphatic carbocycles. The standard InChI is InChI=1S/C17H26O.C15H23NO.C14H22N2O.2C14H21NO.C10H14O.5CHF3/c1-16(2,3)11-13-7-9-14(10-8-13)15(18)12-17(4,5)6;1-11(2)10-15(17)13-8-6-7-9-14(13)16(5)12(3)4;1-10(2)15-13-9-7-6-8-12(13)14(17)16(5)11(3)4;1-10(2)8-14(16)12-6-5-7-13(9-12)15-11(3)4;1-10(2)9-14(16)12-7-5-6-8-13(12)15-11(3)4;1-8(2)9-6-4-5-7-10(9)11-3;5*2-1(3)4/h7-10H,11-12H2,1-6H3;6-9,11-12H,10H2,1-5H3;6-11,15H,1-5H3;5-7,9-11,15H,8H2,1-4H3;5-8,10-11,15H,9H2,1-4H3;4-8H,1-3H3;5*1H. The predicted octanol–water partition coefficient (Wildman–Crippen LogP) is 27.8. The number of anilines is 4. The summed E-state index contributed by atoms with van der Waals surface area (Å²) in [6, 6.07) is 48.9. The molecule has 0 fully saturated rings. The van der Waals surface area contributed by atoms with Gasteiger partial charge in [-0.2, -0.15) is 65.9 Å². The van der Waals surface area contributed by atoms with E-state index in [-0.39, 0.29) is 45.9 Å². The number of amides is 1. The van der Waals surface area contributed by atoms with E-state index in [4.69, 9.17) is 4.74 Å². The van der Waals surface area contributed by atoms with E-state index < -0.39 is 33.4 Å². The molecule has 0 spiro atoms. The maximum absolute atomic E-state index is 12.3. The van der Waals surface area contributed by atoms with E-state index in [9.17, 15) is 89.8 Å². The SMILES string of the molecule is CC(C)(C)CC(=O)c1ccc(CC(C)(C)C)cc1.CC(C)CC(=O)c1cccc(NC(C)C)c1.CC(C)CC(=O)c1ccccc1N(C)C(C)C.CC(C)CC(=O)c1ccccc1NC(C)C.CC(C)Nc1ccccc1C(=O)N(C)C(C)C.COc1ccccc1C(C)C.FC(F)F.FC(F)F.FC(F)F.FC(F)F.FC(F)F. The molecule has 0 aliphatic heterocycles. The van der Waals surface area contributed by atoms with Gasteiger partial charge in [0.1, 0.15) is 5.75 Å². The first kappa shape index (κ1) is 115. The Balaban J connectivity index is -0.000000402. The van der Waals surface area contributed by atoms with Crippen LogP contribution in [0.4, 0.5) is 88.6 Å². The number of halogens is 15. The van der Waals surface area contributed by atoms with E-state index in [0.29, 0.717) is 73.5 Å². The molecule has 0 radical (unpaired) electrons. The molecule has 0 saturated carbocycles. The summed E-state index contributed by atoms with van der Waals surface area (Å²) in [5.74, 6) is 3.72. The monoisotopic (exact) mass is 1650 g/mol. The summed E-state index contributed by atoms with van der Waals surface area (Å²) in [5, 5.41) is 9.91. The zero-order chi connectivity index (χ0) is 90.4. The number of hydrogen-bond donors (Lipinski definition) is 3. The van der Waals surface area contributed by atoms with Gasteiger partial charge < -0.3 is 30.5 Å². The second-order valence-electron chi connectivity index (χ2n) is 31.6. The number of carbonyl (C=O) groups excluding carboxylic acids is 5. The van der Waals surface area contributed by atoms with Crippen LogP contribution in [0.25, 0.3) is 0 Å². The minimum Gasteiger partial charge on any atom is -0.496 e. The normalized spacial score (nSPS) is 10.7. The van der Waals surface area contributed by atoms with Crippen LogP contribution in [0.2, 0.25) is 0 Å². The molecule has 0 aliphatic rings. The molecule has 0 atom stereocenters. The Kier molecular flexibility index (Phi) is 62.7. The van der Waals surface area contributed by atoms with Gasteiger partial charge in [-0.3, -0.25) is 24.0 Å². The highest BCUT2D eigenvalue weighted by Crippen LogP contribution is 2.28. The van der Waals surface area contributed by atoms with Crippen molar-refractivity contribution in [2.45, 2.75) is 268 Å². The van der Waals surface area contributed by atoms with Crippen molar-refractivity contribution in [3.63, 3.8) is 0 Å². The molecule has 6 aromatic rings. The minimum atomic E-state index is -3.67. The third kappa shape index (κ3) is 65.3. The largest absolute Gasteiger partial charge is 0.496 e. The van der Waals surface area contributed by atoms with Gasteiger partial charge in [0.15, 0.2) is 23.1 Å². The molecule has 115 heavy (non-hydrogen) atoms. The zero-order valence-corrected chi connectivity index (χ0v) is 72.5. The van der Waals surface area contributed by atoms with Crippen LogP contribution in [0.3, 0.4) is 0 Å². The molecular formula is C89H132F15N5O6. The minimum absolute atomic E-state index is 0.0567. The van der Waals surface area contributed by atoms with Gasteiger partial charge in [-0.1, -0.05) is 188 Å². The first-order valence-electron chi connectivity index (χ1n) is 38.0. The van der Waals surface area contributed by atoms with Crippen molar-refractivity contribution >= 4 is 51.8 Å². The fraction of sp³-hybridized carbons (Fsp3) is 0.539. The van der Waals surface area contributed by atoms with Crippen LogP contribution in [0.15, 0.2) is 146 Å². The summed E-state index contributed by atoms with van der Waals surface area (Å²) < 4.78 is 150. The first-order chi connectivity index (χ1) is 52.8. The zero-order valence-electron chi connectivity index (χ0n) is 72.5. The summed E-state index contributed by atoms with van der Waals surface area (Å²) >= 11 is 0. The van der Waals surface area contributed by atoms with Crippen molar-refractivity contribution in [2.24, 2.45) is 28.6 Å². The average Bonchev–Trinajstić information content (AvgIpc) is 0.819. The van der Waals surface area contributed by atoms with Crippen LogP contribution in [0.5, 0.6) is 5.75 Å².